The van der Waals surface area contributed by atoms with Gasteiger partial charge in [0.05, 0.1) is 0 Å². The Morgan fingerprint density at radius 2 is 1.93 bits per heavy atom. The summed E-state index contributed by atoms with van der Waals surface area (Å²) in [6, 6.07) is 7.33. The summed E-state index contributed by atoms with van der Waals surface area (Å²) < 4.78 is 12.2. The predicted octanol–water partition coefficient (Wildman–Crippen LogP) is 1.78. The number of hydrogen-bond acceptors (Lipinski definition) is 2. The van der Waals surface area contributed by atoms with Crippen LogP contribution < -0.4 is 0 Å². The lowest BCUT2D eigenvalue weighted by molar-refractivity contribution is -0.133. The zero-order chi connectivity index (χ0) is 10.6. The lowest BCUT2D eigenvalue weighted by Gasteiger charge is -1.99. The summed E-state index contributed by atoms with van der Waals surface area (Å²) >= 11 is 3.28. The molecule has 1 atom stereocenters. The van der Waals surface area contributed by atoms with Gasteiger partial charge < -0.3 is 5.11 Å². The Hall–Kier alpha value is -0.680. The summed E-state index contributed by atoms with van der Waals surface area (Å²) in [6.45, 7) is 0. The van der Waals surface area contributed by atoms with Gasteiger partial charge in [-0.1, -0.05) is 28.1 Å². The van der Waals surface area contributed by atoms with Crippen molar-refractivity contribution in [1.82, 2.24) is 0 Å². The highest BCUT2D eigenvalue weighted by atomic mass is 79.9. The van der Waals surface area contributed by atoms with Crippen LogP contribution in [0.1, 0.15) is 5.56 Å². The normalized spacial score (nSPS) is 12.4. The van der Waals surface area contributed by atoms with Crippen molar-refractivity contribution < 1.29 is 14.1 Å². The van der Waals surface area contributed by atoms with E-state index in [0.717, 1.165) is 10.0 Å². The Kier molecular flexibility index (Phi) is 4.28. The first-order valence-corrected chi connectivity index (χ1v) is 6.17. The molecule has 0 amide bonds. The molecule has 5 heteroatoms. The van der Waals surface area contributed by atoms with Crippen molar-refractivity contribution in [2.45, 2.75) is 5.75 Å². The minimum Gasteiger partial charge on any atom is -0.481 e. The third kappa shape index (κ3) is 4.02. The first-order chi connectivity index (χ1) is 6.58. The van der Waals surface area contributed by atoms with E-state index >= 15 is 0 Å². The lowest BCUT2D eigenvalue weighted by Crippen LogP contribution is -2.10. The van der Waals surface area contributed by atoms with Crippen LogP contribution in [0.4, 0.5) is 0 Å². The van der Waals surface area contributed by atoms with E-state index in [9.17, 15) is 9.00 Å². The molecule has 76 valence electrons. The van der Waals surface area contributed by atoms with Gasteiger partial charge in [-0.15, -0.1) is 0 Å². The molecule has 14 heavy (non-hydrogen) atoms. The molecule has 0 fully saturated rings. The van der Waals surface area contributed by atoms with Crippen molar-refractivity contribution >= 4 is 32.7 Å². The molecule has 0 aliphatic heterocycles. The highest BCUT2D eigenvalue weighted by Crippen LogP contribution is 2.11. The fraction of sp³-hybridized carbons (Fsp3) is 0.222. The quantitative estimate of drug-likeness (QED) is 0.912. The molecule has 0 bridgehead atoms. The van der Waals surface area contributed by atoms with E-state index in [0.29, 0.717) is 5.75 Å². The van der Waals surface area contributed by atoms with E-state index in [1.807, 2.05) is 24.3 Å². The van der Waals surface area contributed by atoms with Gasteiger partial charge in [0, 0.05) is 21.0 Å². The van der Waals surface area contributed by atoms with Crippen LogP contribution in [0.3, 0.4) is 0 Å². The molecule has 0 aromatic heterocycles. The van der Waals surface area contributed by atoms with E-state index in [-0.39, 0.29) is 5.75 Å². The van der Waals surface area contributed by atoms with Gasteiger partial charge in [-0.2, -0.15) is 0 Å². The largest absolute Gasteiger partial charge is 0.481 e. The summed E-state index contributed by atoms with van der Waals surface area (Å²) in [7, 11) is -1.32. The third-order valence-corrected chi connectivity index (χ3v) is 3.28. The van der Waals surface area contributed by atoms with Gasteiger partial charge in [-0.25, -0.2) is 0 Å². The van der Waals surface area contributed by atoms with Gasteiger partial charge in [0.2, 0.25) is 0 Å². The minimum absolute atomic E-state index is 0.291. The molecule has 0 saturated heterocycles. The maximum Gasteiger partial charge on any atom is 0.316 e. The Morgan fingerprint density at radius 3 is 2.43 bits per heavy atom. The topological polar surface area (TPSA) is 54.4 Å². The van der Waals surface area contributed by atoms with Crippen LogP contribution in [0.15, 0.2) is 28.7 Å². The molecule has 3 nitrogen and oxygen atoms in total. The molecular weight excluding hydrogens is 268 g/mol. The zero-order valence-corrected chi connectivity index (χ0v) is 9.68. The number of rotatable bonds is 4. The molecule has 0 saturated carbocycles. The molecule has 1 rings (SSSR count). The molecule has 1 aromatic carbocycles. The van der Waals surface area contributed by atoms with E-state index < -0.39 is 16.8 Å². The van der Waals surface area contributed by atoms with Gasteiger partial charge in [0.25, 0.3) is 0 Å². The molecular formula is C9H9BrO3S. The van der Waals surface area contributed by atoms with Crippen LogP contribution in [0, 0.1) is 0 Å². The Balaban J connectivity index is 2.56. The molecule has 0 heterocycles. The van der Waals surface area contributed by atoms with Crippen molar-refractivity contribution in [2.24, 2.45) is 0 Å². The van der Waals surface area contributed by atoms with Crippen molar-refractivity contribution in [3.63, 3.8) is 0 Å². The predicted molar refractivity (Wildman–Crippen MR) is 58.5 cm³/mol. The number of hydrogen-bond donors (Lipinski definition) is 1. The average molecular weight is 277 g/mol. The summed E-state index contributed by atoms with van der Waals surface area (Å²) in [4.78, 5) is 10.3. The Morgan fingerprint density at radius 1 is 1.36 bits per heavy atom. The minimum atomic E-state index is -1.32. The highest BCUT2D eigenvalue weighted by molar-refractivity contribution is 9.10. The number of aliphatic carboxylic acids is 1. The van der Waals surface area contributed by atoms with Crippen LogP contribution in [-0.4, -0.2) is 21.0 Å². The first kappa shape index (κ1) is 11.4. The van der Waals surface area contributed by atoms with E-state index in [2.05, 4.69) is 15.9 Å². The highest BCUT2D eigenvalue weighted by Gasteiger charge is 2.06. The van der Waals surface area contributed by atoms with Crippen LogP contribution in [0.2, 0.25) is 0 Å². The maximum absolute atomic E-state index is 11.2. The van der Waals surface area contributed by atoms with Crippen LogP contribution >= 0.6 is 15.9 Å². The van der Waals surface area contributed by atoms with Crippen LogP contribution in [0.25, 0.3) is 0 Å². The standard InChI is InChI=1S/C9H9BrO3S/c10-8-3-1-7(2-4-8)5-14(13)6-9(11)12/h1-4H,5-6H2,(H,11,12)/t14-/m1/s1. The van der Waals surface area contributed by atoms with Crippen LogP contribution in [0.5, 0.6) is 0 Å². The fourth-order valence-corrected chi connectivity index (χ4v) is 2.16. The molecule has 1 aromatic rings. The molecule has 0 aliphatic rings. The summed E-state index contributed by atoms with van der Waals surface area (Å²) in [5.74, 6) is -1.03. The molecule has 0 radical (unpaired) electrons. The van der Waals surface area contributed by atoms with Gasteiger partial charge in [0.15, 0.2) is 0 Å². The third-order valence-electron chi connectivity index (χ3n) is 1.53. The second-order valence-electron chi connectivity index (χ2n) is 2.75. The number of benzene rings is 1. The Bertz CT molecular complexity index is 348. The monoisotopic (exact) mass is 276 g/mol. The van der Waals surface area contributed by atoms with Gasteiger partial charge in [-0.05, 0) is 17.7 Å². The van der Waals surface area contributed by atoms with Crippen molar-refractivity contribution in [2.75, 3.05) is 5.75 Å². The van der Waals surface area contributed by atoms with Crippen molar-refractivity contribution in [1.29, 1.82) is 0 Å². The van der Waals surface area contributed by atoms with Gasteiger partial charge in [-0.3, -0.25) is 9.00 Å². The number of carboxylic acids is 1. The maximum atomic E-state index is 11.2. The Labute approximate surface area is 92.7 Å². The summed E-state index contributed by atoms with van der Waals surface area (Å²) in [6.07, 6.45) is 0. The van der Waals surface area contributed by atoms with E-state index in [1.54, 1.807) is 0 Å². The summed E-state index contributed by atoms with van der Waals surface area (Å²) in [5, 5.41) is 8.41. The number of carbonyl (C=O) groups is 1. The van der Waals surface area contributed by atoms with Crippen LogP contribution in [-0.2, 0) is 21.3 Å². The van der Waals surface area contributed by atoms with E-state index in [1.165, 1.54) is 0 Å². The van der Waals surface area contributed by atoms with Crippen molar-refractivity contribution in [3.8, 4) is 0 Å². The SMILES string of the molecule is O=C(O)C[S@](=O)Cc1ccc(Br)cc1. The van der Waals surface area contributed by atoms with Gasteiger partial charge >= 0.3 is 5.97 Å². The molecule has 0 aliphatic carbocycles. The second-order valence-corrected chi connectivity index (χ2v) is 5.12. The van der Waals surface area contributed by atoms with Crippen molar-refractivity contribution in [3.05, 3.63) is 34.3 Å². The first-order valence-electron chi connectivity index (χ1n) is 3.89. The lowest BCUT2D eigenvalue weighted by atomic mass is 10.2. The average Bonchev–Trinajstić information content (AvgIpc) is 2.07. The fourth-order valence-electron chi connectivity index (χ4n) is 0.955. The van der Waals surface area contributed by atoms with E-state index in [4.69, 9.17) is 5.11 Å². The smallest absolute Gasteiger partial charge is 0.316 e. The molecule has 0 spiro atoms. The summed E-state index contributed by atoms with van der Waals surface area (Å²) in [5.41, 5.74) is 0.882. The number of carboxylic acid groups (broad SMARTS) is 1. The number of halogens is 1. The molecule has 0 unspecified atom stereocenters. The zero-order valence-electron chi connectivity index (χ0n) is 7.27. The van der Waals surface area contributed by atoms with Gasteiger partial charge in [0.1, 0.15) is 5.75 Å². The molecule has 1 N–H and O–H groups in total. The second kappa shape index (κ2) is 5.26.